The molecule has 118 valence electrons. The molecule has 1 aromatic carbocycles. The first kappa shape index (κ1) is 16.3. The Bertz CT molecular complexity index is 508. The smallest absolute Gasteiger partial charge is 0.123 e. The minimum absolute atomic E-state index is 0.0326. The molecular weight excluding hydrogens is 290 g/mol. The number of hydrogen-bond acceptors (Lipinski definition) is 5. The molecule has 1 aliphatic heterocycles. The third-order valence-corrected chi connectivity index (χ3v) is 5.81. The van der Waals surface area contributed by atoms with Crippen LogP contribution in [-0.4, -0.2) is 42.1 Å². The molecule has 1 fully saturated rings. The standard InChI is InChI=1S/C15H23NO4S/c1-10-15(6-7-20-10)21(17)9-13(16)12-8-11(18-2)4-5-14(12)19-3/h4-5,8,10,13,15H,6-7,9,16H2,1-3H3. The number of nitrogens with two attached hydrogens (primary N) is 1. The van der Waals surface area contributed by atoms with Crippen molar-refractivity contribution in [1.82, 2.24) is 0 Å². The molecule has 0 bridgehead atoms. The molecule has 4 unspecified atom stereocenters. The molecule has 1 saturated heterocycles. The van der Waals surface area contributed by atoms with Crippen LogP contribution in [0.15, 0.2) is 18.2 Å². The normalized spacial score (nSPS) is 24.6. The van der Waals surface area contributed by atoms with Gasteiger partial charge in [-0.15, -0.1) is 0 Å². The van der Waals surface area contributed by atoms with E-state index in [0.717, 1.165) is 12.0 Å². The Morgan fingerprint density at radius 1 is 1.43 bits per heavy atom. The molecule has 2 rings (SSSR count). The van der Waals surface area contributed by atoms with Crippen LogP contribution in [0.3, 0.4) is 0 Å². The number of hydrogen-bond donors (Lipinski definition) is 1. The molecular formula is C15H23NO4S. The second kappa shape index (κ2) is 7.24. The van der Waals surface area contributed by atoms with Gasteiger partial charge in [0.05, 0.1) is 25.6 Å². The third-order valence-electron chi connectivity index (χ3n) is 3.82. The van der Waals surface area contributed by atoms with Gasteiger partial charge in [0.15, 0.2) is 0 Å². The van der Waals surface area contributed by atoms with Crippen molar-refractivity contribution in [1.29, 1.82) is 0 Å². The molecule has 1 aromatic rings. The zero-order valence-corrected chi connectivity index (χ0v) is 13.5. The summed E-state index contributed by atoms with van der Waals surface area (Å²) in [6.45, 7) is 2.64. The lowest BCUT2D eigenvalue weighted by molar-refractivity contribution is 0.127. The summed E-state index contributed by atoms with van der Waals surface area (Å²) in [6.07, 6.45) is 0.862. The van der Waals surface area contributed by atoms with Crippen molar-refractivity contribution in [3.8, 4) is 11.5 Å². The monoisotopic (exact) mass is 313 g/mol. The molecule has 0 amide bonds. The average Bonchev–Trinajstić information content (AvgIpc) is 2.92. The largest absolute Gasteiger partial charge is 0.497 e. The fraction of sp³-hybridized carbons (Fsp3) is 0.600. The molecule has 0 spiro atoms. The molecule has 1 aliphatic rings. The van der Waals surface area contributed by atoms with Gasteiger partial charge in [-0.2, -0.15) is 0 Å². The van der Waals surface area contributed by atoms with E-state index in [1.165, 1.54) is 0 Å². The number of ether oxygens (including phenoxy) is 3. The van der Waals surface area contributed by atoms with E-state index in [-0.39, 0.29) is 17.4 Å². The summed E-state index contributed by atoms with van der Waals surface area (Å²) < 4.78 is 28.5. The fourth-order valence-corrected chi connectivity index (χ4v) is 4.22. The van der Waals surface area contributed by atoms with Crippen molar-refractivity contribution in [2.45, 2.75) is 30.7 Å². The van der Waals surface area contributed by atoms with Crippen LogP contribution in [0.25, 0.3) is 0 Å². The second-order valence-corrected chi connectivity index (χ2v) is 6.87. The Balaban J connectivity index is 2.12. The molecule has 0 saturated carbocycles. The summed E-state index contributed by atoms with van der Waals surface area (Å²) in [5, 5.41) is 0.0626. The van der Waals surface area contributed by atoms with Crippen molar-refractivity contribution in [3.63, 3.8) is 0 Å². The molecule has 4 atom stereocenters. The van der Waals surface area contributed by atoms with Crippen molar-refractivity contribution in [3.05, 3.63) is 23.8 Å². The highest BCUT2D eigenvalue weighted by atomic mass is 32.2. The van der Waals surface area contributed by atoms with Gasteiger partial charge in [-0.25, -0.2) is 0 Å². The van der Waals surface area contributed by atoms with Crippen LogP contribution >= 0.6 is 0 Å². The van der Waals surface area contributed by atoms with Crippen LogP contribution in [0, 0.1) is 0 Å². The summed E-state index contributed by atoms with van der Waals surface area (Å²) in [5.74, 6) is 1.79. The van der Waals surface area contributed by atoms with E-state index in [1.807, 2.05) is 25.1 Å². The molecule has 0 radical (unpaired) electrons. The van der Waals surface area contributed by atoms with Crippen molar-refractivity contribution in [2.24, 2.45) is 5.73 Å². The van der Waals surface area contributed by atoms with Crippen LogP contribution in [0.4, 0.5) is 0 Å². The highest BCUT2D eigenvalue weighted by Gasteiger charge is 2.31. The van der Waals surface area contributed by atoms with Gasteiger partial charge < -0.3 is 19.9 Å². The van der Waals surface area contributed by atoms with Gasteiger partial charge in [-0.3, -0.25) is 4.21 Å². The third kappa shape index (κ3) is 3.75. The lowest BCUT2D eigenvalue weighted by Crippen LogP contribution is -2.29. The Morgan fingerprint density at radius 3 is 2.76 bits per heavy atom. The highest BCUT2D eigenvalue weighted by Crippen LogP contribution is 2.30. The Labute approximate surface area is 128 Å². The Kier molecular flexibility index (Phi) is 5.61. The van der Waals surface area contributed by atoms with E-state index in [9.17, 15) is 4.21 Å². The topological polar surface area (TPSA) is 70.8 Å². The van der Waals surface area contributed by atoms with Gasteiger partial charge in [0.25, 0.3) is 0 Å². The molecule has 0 aliphatic carbocycles. The van der Waals surface area contributed by atoms with E-state index < -0.39 is 10.8 Å². The van der Waals surface area contributed by atoms with E-state index in [0.29, 0.717) is 23.9 Å². The fourth-order valence-electron chi connectivity index (χ4n) is 2.58. The van der Waals surface area contributed by atoms with Crippen LogP contribution in [0.1, 0.15) is 24.9 Å². The van der Waals surface area contributed by atoms with Gasteiger partial charge >= 0.3 is 0 Å². The van der Waals surface area contributed by atoms with Gasteiger partial charge in [0, 0.05) is 34.8 Å². The van der Waals surface area contributed by atoms with Crippen LogP contribution in [0.5, 0.6) is 11.5 Å². The predicted molar refractivity (Wildman–Crippen MR) is 83.3 cm³/mol. The Hall–Kier alpha value is -1.11. The average molecular weight is 313 g/mol. The molecule has 21 heavy (non-hydrogen) atoms. The lowest BCUT2D eigenvalue weighted by atomic mass is 10.1. The maximum absolute atomic E-state index is 12.5. The van der Waals surface area contributed by atoms with Gasteiger partial charge in [0.1, 0.15) is 11.5 Å². The van der Waals surface area contributed by atoms with Crippen LogP contribution in [-0.2, 0) is 15.5 Å². The van der Waals surface area contributed by atoms with Gasteiger partial charge in [-0.05, 0) is 31.5 Å². The molecule has 2 N–H and O–H groups in total. The van der Waals surface area contributed by atoms with E-state index in [1.54, 1.807) is 14.2 Å². The SMILES string of the molecule is COc1ccc(OC)c(C(N)CS(=O)C2CCOC2C)c1. The Morgan fingerprint density at radius 2 is 2.19 bits per heavy atom. The van der Waals surface area contributed by atoms with Crippen LogP contribution < -0.4 is 15.2 Å². The van der Waals surface area contributed by atoms with Gasteiger partial charge in [0.2, 0.25) is 0 Å². The maximum atomic E-state index is 12.5. The zero-order chi connectivity index (χ0) is 15.4. The summed E-state index contributed by atoms with van der Waals surface area (Å²) in [7, 11) is 2.18. The minimum Gasteiger partial charge on any atom is -0.497 e. The summed E-state index contributed by atoms with van der Waals surface area (Å²) in [5.41, 5.74) is 7.06. The lowest BCUT2D eigenvalue weighted by Gasteiger charge is -2.19. The first-order valence-electron chi connectivity index (χ1n) is 7.03. The first-order valence-corrected chi connectivity index (χ1v) is 8.41. The van der Waals surface area contributed by atoms with Crippen molar-refractivity contribution in [2.75, 3.05) is 26.6 Å². The number of methoxy groups -OCH3 is 2. The maximum Gasteiger partial charge on any atom is 0.123 e. The molecule has 1 heterocycles. The molecule has 5 nitrogen and oxygen atoms in total. The molecule has 0 aromatic heterocycles. The van der Waals surface area contributed by atoms with E-state index >= 15 is 0 Å². The molecule has 6 heteroatoms. The zero-order valence-electron chi connectivity index (χ0n) is 12.7. The van der Waals surface area contributed by atoms with Gasteiger partial charge in [-0.1, -0.05) is 0 Å². The summed E-state index contributed by atoms with van der Waals surface area (Å²) >= 11 is 0. The second-order valence-electron chi connectivity index (χ2n) is 5.16. The number of benzene rings is 1. The summed E-state index contributed by atoms with van der Waals surface area (Å²) in [4.78, 5) is 0. The van der Waals surface area contributed by atoms with Crippen molar-refractivity contribution >= 4 is 10.8 Å². The predicted octanol–water partition coefficient (Wildman–Crippen LogP) is 1.63. The van der Waals surface area contributed by atoms with Crippen molar-refractivity contribution < 1.29 is 18.4 Å². The van der Waals surface area contributed by atoms with E-state index in [4.69, 9.17) is 19.9 Å². The highest BCUT2D eigenvalue weighted by molar-refractivity contribution is 7.85. The minimum atomic E-state index is -1.02. The van der Waals surface area contributed by atoms with E-state index in [2.05, 4.69) is 0 Å². The summed E-state index contributed by atoms with van der Waals surface area (Å²) in [6, 6.07) is 5.12. The quantitative estimate of drug-likeness (QED) is 0.864. The number of rotatable bonds is 6. The van der Waals surface area contributed by atoms with Crippen LogP contribution in [0.2, 0.25) is 0 Å². The first-order chi connectivity index (χ1) is 10.1.